The molecule has 0 fully saturated rings. The molecule has 0 amide bonds. The average Bonchev–Trinajstić information content (AvgIpc) is 2.43. The molecule has 0 N–H and O–H groups in total. The smallest absolute Gasteiger partial charge is 0.143 e. The number of ether oxygens (including phenoxy) is 1. The van der Waals surface area contributed by atoms with Crippen LogP contribution in [0.1, 0.15) is 5.56 Å². The normalized spacial score (nSPS) is 10.7. The summed E-state index contributed by atoms with van der Waals surface area (Å²) in [6.45, 7) is 2.06. The van der Waals surface area contributed by atoms with E-state index in [1.807, 2.05) is 17.7 Å². The first-order valence-corrected chi connectivity index (χ1v) is 4.18. The van der Waals surface area contributed by atoms with Crippen LogP contribution in [-0.2, 0) is 7.05 Å². The van der Waals surface area contributed by atoms with Crippen molar-refractivity contribution in [2.75, 3.05) is 7.11 Å². The van der Waals surface area contributed by atoms with E-state index in [2.05, 4.69) is 18.1 Å². The standard InChI is InChI=1S/C10H12N2O/c1-7-6-12(2)10-9(7)8(13-3)4-5-11-10/h4-6H,1-3H3. The Labute approximate surface area is 77.0 Å². The second kappa shape index (κ2) is 2.76. The Kier molecular flexibility index (Phi) is 1.72. The van der Waals surface area contributed by atoms with Crippen LogP contribution in [0.4, 0.5) is 0 Å². The Morgan fingerprint density at radius 1 is 1.46 bits per heavy atom. The van der Waals surface area contributed by atoms with Gasteiger partial charge in [-0.05, 0) is 18.6 Å². The van der Waals surface area contributed by atoms with E-state index in [0.717, 1.165) is 16.8 Å². The number of aromatic nitrogens is 2. The number of methoxy groups -OCH3 is 1. The lowest BCUT2D eigenvalue weighted by Gasteiger charge is -2.01. The number of aryl methyl sites for hydroxylation is 2. The molecule has 0 atom stereocenters. The van der Waals surface area contributed by atoms with Crippen LogP contribution in [0.3, 0.4) is 0 Å². The van der Waals surface area contributed by atoms with Gasteiger partial charge < -0.3 is 9.30 Å². The van der Waals surface area contributed by atoms with E-state index in [4.69, 9.17) is 4.74 Å². The summed E-state index contributed by atoms with van der Waals surface area (Å²) in [4.78, 5) is 4.29. The maximum Gasteiger partial charge on any atom is 0.143 e. The minimum absolute atomic E-state index is 0.892. The monoisotopic (exact) mass is 176 g/mol. The lowest BCUT2D eigenvalue weighted by molar-refractivity contribution is 0.419. The molecule has 13 heavy (non-hydrogen) atoms. The zero-order chi connectivity index (χ0) is 9.42. The van der Waals surface area contributed by atoms with Gasteiger partial charge in [-0.2, -0.15) is 0 Å². The summed E-state index contributed by atoms with van der Waals surface area (Å²) >= 11 is 0. The molecule has 0 aliphatic heterocycles. The van der Waals surface area contributed by atoms with Crippen molar-refractivity contribution in [3.63, 3.8) is 0 Å². The van der Waals surface area contributed by atoms with Gasteiger partial charge in [0.1, 0.15) is 11.4 Å². The fourth-order valence-electron chi connectivity index (χ4n) is 1.66. The summed E-state index contributed by atoms with van der Waals surface area (Å²) in [5, 5.41) is 1.10. The van der Waals surface area contributed by atoms with Crippen molar-refractivity contribution in [2.45, 2.75) is 6.92 Å². The average molecular weight is 176 g/mol. The molecule has 0 spiro atoms. The van der Waals surface area contributed by atoms with Crippen LogP contribution >= 0.6 is 0 Å². The van der Waals surface area contributed by atoms with Gasteiger partial charge in [-0.1, -0.05) is 0 Å². The first-order chi connectivity index (χ1) is 6.24. The molecular weight excluding hydrogens is 164 g/mol. The summed E-state index contributed by atoms with van der Waals surface area (Å²) in [7, 11) is 3.67. The topological polar surface area (TPSA) is 27.1 Å². The molecule has 0 aliphatic rings. The SMILES string of the molecule is COc1ccnc2c1c(C)cn2C. The molecule has 2 heterocycles. The van der Waals surface area contributed by atoms with Crippen molar-refractivity contribution in [3.8, 4) is 5.75 Å². The highest BCUT2D eigenvalue weighted by atomic mass is 16.5. The largest absolute Gasteiger partial charge is 0.496 e. The van der Waals surface area contributed by atoms with Crippen molar-refractivity contribution in [2.24, 2.45) is 7.05 Å². The van der Waals surface area contributed by atoms with E-state index in [-0.39, 0.29) is 0 Å². The highest BCUT2D eigenvalue weighted by Gasteiger charge is 2.08. The lowest BCUT2D eigenvalue weighted by Crippen LogP contribution is -1.89. The van der Waals surface area contributed by atoms with Crippen LogP contribution in [0.2, 0.25) is 0 Å². The Morgan fingerprint density at radius 2 is 2.23 bits per heavy atom. The van der Waals surface area contributed by atoms with Gasteiger partial charge in [0.05, 0.1) is 12.5 Å². The second-order valence-electron chi connectivity index (χ2n) is 3.13. The lowest BCUT2D eigenvalue weighted by atomic mass is 10.2. The number of fused-ring (bicyclic) bond motifs is 1. The summed E-state index contributed by atoms with van der Waals surface area (Å²) in [6.07, 6.45) is 3.82. The Morgan fingerprint density at radius 3 is 2.92 bits per heavy atom. The Bertz CT molecular complexity index is 445. The molecule has 0 bridgehead atoms. The molecule has 0 radical (unpaired) electrons. The number of rotatable bonds is 1. The minimum atomic E-state index is 0.892. The molecule has 68 valence electrons. The van der Waals surface area contributed by atoms with Crippen molar-refractivity contribution in [1.82, 2.24) is 9.55 Å². The molecule has 3 heteroatoms. The van der Waals surface area contributed by atoms with E-state index in [1.54, 1.807) is 13.3 Å². The first kappa shape index (κ1) is 8.10. The third-order valence-corrected chi connectivity index (χ3v) is 2.23. The van der Waals surface area contributed by atoms with Gasteiger partial charge in [-0.3, -0.25) is 0 Å². The van der Waals surface area contributed by atoms with Crippen LogP contribution in [0.25, 0.3) is 11.0 Å². The predicted octanol–water partition coefficient (Wildman–Crippen LogP) is 1.89. The molecule has 3 nitrogen and oxygen atoms in total. The van der Waals surface area contributed by atoms with E-state index < -0.39 is 0 Å². The van der Waals surface area contributed by atoms with Crippen LogP contribution in [0, 0.1) is 6.92 Å². The van der Waals surface area contributed by atoms with E-state index in [0.29, 0.717) is 0 Å². The van der Waals surface area contributed by atoms with Crippen LogP contribution < -0.4 is 4.74 Å². The first-order valence-electron chi connectivity index (χ1n) is 4.18. The quantitative estimate of drug-likeness (QED) is 0.663. The molecule has 2 aromatic rings. The molecule has 2 rings (SSSR count). The van der Waals surface area contributed by atoms with Crippen LogP contribution in [0.5, 0.6) is 5.75 Å². The highest BCUT2D eigenvalue weighted by molar-refractivity contribution is 5.86. The van der Waals surface area contributed by atoms with Gasteiger partial charge >= 0.3 is 0 Å². The number of nitrogens with zero attached hydrogens (tertiary/aromatic N) is 2. The van der Waals surface area contributed by atoms with Crippen molar-refractivity contribution in [3.05, 3.63) is 24.0 Å². The minimum Gasteiger partial charge on any atom is -0.496 e. The Balaban J connectivity index is 2.88. The van der Waals surface area contributed by atoms with Gasteiger partial charge in [0.25, 0.3) is 0 Å². The summed E-state index contributed by atoms with van der Waals surface area (Å²) in [5.74, 6) is 0.892. The van der Waals surface area contributed by atoms with Gasteiger partial charge in [-0.15, -0.1) is 0 Å². The number of hydrogen-bond donors (Lipinski definition) is 0. The maximum atomic E-state index is 5.27. The van der Waals surface area contributed by atoms with Crippen molar-refractivity contribution >= 4 is 11.0 Å². The third-order valence-electron chi connectivity index (χ3n) is 2.23. The van der Waals surface area contributed by atoms with Crippen LogP contribution in [-0.4, -0.2) is 16.7 Å². The van der Waals surface area contributed by atoms with E-state index in [1.165, 1.54) is 5.56 Å². The molecular formula is C10H12N2O. The Hall–Kier alpha value is -1.51. The molecule has 0 saturated carbocycles. The zero-order valence-electron chi connectivity index (χ0n) is 8.03. The van der Waals surface area contributed by atoms with Gasteiger partial charge in [0.2, 0.25) is 0 Å². The highest BCUT2D eigenvalue weighted by Crippen LogP contribution is 2.27. The predicted molar refractivity (Wildman–Crippen MR) is 52.0 cm³/mol. The fraction of sp³-hybridized carbons (Fsp3) is 0.300. The van der Waals surface area contributed by atoms with E-state index in [9.17, 15) is 0 Å². The maximum absolute atomic E-state index is 5.27. The van der Waals surface area contributed by atoms with E-state index >= 15 is 0 Å². The zero-order valence-corrected chi connectivity index (χ0v) is 8.03. The summed E-state index contributed by atoms with van der Waals surface area (Å²) < 4.78 is 7.28. The summed E-state index contributed by atoms with van der Waals surface area (Å²) in [5.41, 5.74) is 2.17. The molecule has 0 unspecified atom stereocenters. The molecule has 0 saturated heterocycles. The third kappa shape index (κ3) is 1.08. The van der Waals surface area contributed by atoms with Gasteiger partial charge in [-0.25, -0.2) is 4.98 Å². The van der Waals surface area contributed by atoms with Crippen LogP contribution in [0.15, 0.2) is 18.5 Å². The molecule has 0 aliphatic carbocycles. The second-order valence-corrected chi connectivity index (χ2v) is 3.13. The number of pyridine rings is 1. The van der Waals surface area contributed by atoms with Gasteiger partial charge in [0, 0.05) is 19.4 Å². The molecule has 2 aromatic heterocycles. The van der Waals surface area contributed by atoms with Crippen molar-refractivity contribution in [1.29, 1.82) is 0 Å². The van der Waals surface area contributed by atoms with Crippen molar-refractivity contribution < 1.29 is 4.74 Å². The molecule has 0 aromatic carbocycles. The fourth-order valence-corrected chi connectivity index (χ4v) is 1.66. The van der Waals surface area contributed by atoms with Gasteiger partial charge in [0.15, 0.2) is 0 Å². The number of hydrogen-bond acceptors (Lipinski definition) is 2. The summed E-state index contributed by atoms with van der Waals surface area (Å²) in [6, 6.07) is 1.88.